The molecule has 2 aromatic rings. The fraction of sp³-hybridized carbons (Fsp3) is 0.529. The van der Waals surface area contributed by atoms with Crippen LogP contribution in [-0.4, -0.2) is 45.9 Å². The highest BCUT2D eigenvalue weighted by Gasteiger charge is 2.16. The molecule has 1 N–H and O–H groups in total. The molecule has 8 heteroatoms. The van der Waals surface area contributed by atoms with Gasteiger partial charge in [0.05, 0.1) is 18.3 Å². The van der Waals surface area contributed by atoms with Gasteiger partial charge < -0.3 is 10.2 Å². The maximum absolute atomic E-state index is 12.5. The second-order valence-electron chi connectivity index (χ2n) is 5.80. The lowest BCUT2D eigenvalue weighted by Crippen LogP contribution is -2.41. The Morgan fingerprint density at radius 3 is 2.84 bits per heavy atom. The molecule has 0 unspecified atom stereocenters. The van der Waals surface area contributed by atoms with Gasteiger partial charge in [0.2, 0.25) is 11.8 Å². The first-order chi connectivity index (χ1) is 12.1. The third-order valence-corrected chi connectivity index (χ3v) is 4.59. The molecular formula is C17H24N4O3S. The van der Waals surface area contributed by atoms with Crippen molar-refractivity contribution in [3.05, 3.63) is 28.1 Å². The molecule has 0 aliphatic rings. The van der Waals surface area contributed by atoms with E-state index in [-0.39, 0.29) is 36.9 Å². The lowest BCUT2D eigenvalue weighted by atomic mass is 10.3. The van der Waals surface area contributed by atoms with E-state index in [2.05, 4.69) is 10.3 Å². The van der Waals surface area contributed by atoms with Crippen molar-refractivity contribution in [3.8, 4) is 0 Å². The lowest BCUT2D eigenvalue weighted by molar-refractivity contribution is -0.136. The Bertz CT molecular complexity index is 784. The fourth-order valence-electron chi connectivity index (χ4n) is 2.48. The molecular weight excluding hydrogens is 340 g/mol. The number of nitrogens with zero attached hydrogens (tertiary/aromatic N) is 3. The highest BCUT2D eigenvalue weighted by atomic mass is 32.1. The number of carbonyl (C=O) groups is 2. The topological polar surface area (TPSA) is 84.3 Å². The summed E-state index contributed by atoms with van der Waals surface area (Å²) in [7, 11) is 0. The Labute approximate surface area is 150 Å². The molecule has 7 nitrogen and oxygen atoms in total. The van der Waals surface area contributed by atoms with Crippen molar-refractivity contribution < 1.29 is 9.59 Å². The number of thiophene rings is 1. The molecule has 0 spiro atoms. The number of nitrogens with one attached hydrogen (secondary N) is 1. The van der Waals surface area contributed by atoms with E-state index < -0.39 is 0 Å². The zero-order chi connectivity index (χ0) is 18.2. The summed E-state index contributed by atoms with van der Waals surface area (Å²) in [6.45, 7) is 5.38. The maximum atomic E-state index is 12.5. The minimum absolute atomic E-state index is 0.0589. The van der Waals surface area contributed by atoms with E-state index in [1.807, 2.05) is 19.2 Å². The van der Waals surface area contributed by atoms with Gasteiger partial charge in [-0.2, -0.15) is 0 Å². The molecule has 2 aromatic heterocycles. The normalized spacial score (nSPS) is 10.8. The SMILES string of the molecule is CCCNC(=O)CN(CCC)C(=O)CCn1cnc2sccc2c1=O. The minimum atomic E-state index is -0.151. The predicted molar refractivity (Wildman–Crippen MR) is 98.7 cm³/mol. The summed E-state index contributed by atoms with van der Waals surface area (Å²) in [5.41, 5.74) is -0.137. The van der Waals surface area contributed by atoms with E-state index >= 15 is 0 Å². The van der Waals surface area contributed by atoms with Crippen LogP contribution in [-0.2, 0) is 16.1 Å². The van der Waals surface area contributed by atoms with Crippen LogP contribution in [0.15, 0.2) is 22.6 Å². The number of fused-ring (bicyclic) bond motifs is 1. The van der Waals surface area contributed by atoms with Crippen LogP contribution in [0.3, 0.4) is 0 Å². The van der Waals surface area contributed by atoms with Gasteiger partial charge in [0.1, 0.15) is 4.83 Å². The monoisotopic (exact) mass is 364 g/mol. The number of rotatable bonds is 9. The molecule has 0 aliphatic carbocycles. The fourth-order valence-corrected chi connectivity index (χ4v) is 3.21. The van der Waals surface area contributed by atoms with Crippen molar-refractivity contribution in [2.24, 2.45) is 0 Å². The predicted octanol–water partition coefficient (Wildman–Crippen LogP) is 1.61. The Kier molecular flexibility index (Phi) is 7.12. The van der Waals surface area contributed by atoms with E-state index in [9.17, 15) is 14.4 Å². The van der Waals surface area contributed by atoms with E-state index in [1.165, 1.54) is 22.2 Å². The number of hydrogen-bond acceptors (Lipinski definition) is 5. The van der Waals surface area contributed by atoms with Crippen LogP contribution < -0.4 is 10.9 Å². The van der Waals surface area contributed by atoms with Crippen LogP contribution >= 0.6 is 11.3 Å². The first kappa shape index (κ1) is 19.1. The first-order valence-electron chi connectivity index (χ1n) is 8.53. The molecule has 2 rings (SSSR count). The maximum Gasteiger partial charge on any atom is 0.262 e. The van der Waals surface area contributed by atoms with Gasteiger partial charge in [-0.1, -0.05) is 13.8 Å². The largest absolute Gasteiger partial charge is 0.355 e. The Morgan fingerprint density at radius 1 is 1.32 bits per heavy atom. The zero-order valence-corrected chi connectivity index (χ0v) is 15.5. The summed E-state index contributed by atoms with van der Waals surface area (Å²) < 4.78 is 1.45. The van der Waals surface area contributed by atoms with Crippen molar-refractivity contribution >= 4 is 33.4 Å². The van der Waals surface area contributed by atoms with Gasteiger partial charge in [0.15, 0.2) is 0 Å². The first-order valence-corrected chi connectivity index (χ1v) is 9.41. The van der Waals surface area contributed by atoms with Gasteiger partial charge in [-0.3, -0.25) is 19.0 Å². The molecule has 2 heterocycles. The van der Waals surface area contributed by atoms with Crippen molar-refractivity contribution in [3.63, 3.8) is 0 Å². The van der Waals surface area contributed by atoms with Crippen LogP contribution in [0.2, 0.25) is 0 Å². The zero-order valence-electron chi connectivity index (χ0n) is 14.7. The van der Waals surface area contributed by atoms with Gasteiger partial charge in [0.25, 0.3) is 5.56 Å². The molecule has 2 amide bonds. The summed E-state index contributed by atoms with van der Waals surface area (Å²) >= 11 is 1.42. The Morgan fingerprint density at radius 2 is 2.12 bits per heavy atom. The smallest absolute Gasteiger partial charge is 0.262 e. The van der Waals surface area contributed by atoms with Gasteiger partial charge in [-0.15, -0.1) is 11.3 Å². The highest BCUT2D eigenvalue weighted by molar-refractivity contribution is 7.16. The number of carbonyl (C=O) groups excluding carboxylic acids is 2. The molecule has 0 saturated carbocycles. The summed E-state index contributed by atoms with van der Waals surface area (Å²) in [5, 5.41) is 5.18. The summed E-state index contributed by atoms with van der Waals surface area (Å²) in [6, 6.07) is 1.75. The van der Waals surface area contributed by atoms with Crippen LogP contribution in [0.4, 0.5) is 0 Å². The van der Waals surface area contributed by atoms with E-state index in [4.69, 9.17) is 0 Å². The average molecular weight is 364 g/mol. The Balaban J connectivity index is 1.98. The van der Waals surface area contributed by atoms with Crippen LogP contribution in [0.25, 0.3) is 10.2 Å². The number of aryl methyl sites for hydroxylation is 1. The molecule has 136 valence electrons. The third kappa shape index (κ3) is 5.12. The van der Waals surface area contributed by atoms with Crippen LogP contribution in [0, 0.1) is 0 Å². The second-order valence-corrected chi connectivity index (χ2v) is 6.69. The average Bonchev–Trinajstić information content (AvgIpc) is 3.08. The van der Waals surface area contributed by atoms with Gasteiger partial charge in [-0.25, -0.2) is 4.98 Å². The third-order valence-electron chi connectivity index (χ3n) is 3.77. The number of aromatic nitrogens is 2. The van der Waals surface area contributed by atoms with Crippen molar-refractivity contribution in [1.82, 2.24) is 19.8 Å². The molecule has 25 heavy (non-hydrogen) atoms. The highest BCUT2D eigenvalue weighted by Crippen LogP contribution is 2.13. The molecule has 0 fully saturated rings. The second kappa shape index (κ2) is 9.31. The standard InChI is InChI=1S/C17H24N4O3S/c1-3-7-18-14(22)11-20(8-4-2)15(23)5-9-21-12-19-16-13(17(21)24)6-10-25-16/h6,10,12H,3-5,7-9,11H2,1-2H3,(H,18,22). The van der Waals surface area contributed by atoms with Crippen LogP contribution in [0.1, 0.15) is 33.1 Å². The van der Waals surface area contributed by atoms with E-state index in [0.29, 0.717) is 23.3 Å². The summed E-state index contributed by atoms with van der Waals surface area (Å²) in [6.07, 6.45) is 3.27. The summed E-state index contributed by atoms with van der Waals surface area (Å²) in [5.74, 6) is -0.284. The molecule has 0 bridgehead atoms. The molecule has 0 radical (unpaired) electrons. The minimum Gasteiger partial charge on any atom is -0.355 e. The van der Waals surface area contributed by atoms with Crippen molar-refractivity contribution in [2.75, 3.05) is 19.6 Å². The van der Waals surface area contributed by atoms with Gasteiger partial charge in [0, 0.05) is 26.1 Å². The molecule has 0 atom stereocenters. The molecule has 0 saturated heterocycles. The van der Waals surface area contributed by atoms with Crippen molar-refractivity contribution in [1.29, 1.82) is 0 Å². The Hall–Kier alpha value is -2.22. The van der Waals surface area contributed by atoms with Gasteiger partial charge >= 0.3 is 0 Å². The van der Waals surface area contributed by atoms with Crippen molar-refractivity contribution in [2.45, 2.75) is 39.7 Å². The summed E-state index contributed by atoms with van der Waals surface area (Å²) in [4.78, 5) is 43.1. The van der Waals surface area contributed by atoms with Crippen LogP contribution in [0.5, 0.6) is 0 Å². The number of amides is 2. The molecule has 0 aliphatic heterocycles. The quantitative estimate of drug-likeness (QED) is 0.733. The van der Waals surface area contributed by atoms with E-state index in [0.717, 1.165) is 12.8 Å². The number of hydrogen-bond donors (Lipinski definition) is 1. The lowest BCUT2D eigenvalue weighted by Gasteiger charge is -2.21. The van der Waals surface area contributed by atoms with E-state index in [1.54, 1.807) is 11.0 Å². The van der Waals surface area contributed by atoms with Gasteiger partial charge in [-0.05, 0) is 24.3 Å². The molecule has 0 aromatic carbocycles.